The zero-order chi connectivity index (χ0) is 14.8. The van der Waals surface area contributed by atoms with Crippen LogP contribution in [0.1, 0.15) is 5.56 Å². The van der Waals surface area contributed by atoms with E-state index in [9.17, 15) is 13.0 Å². The van der Waals surface area contributed by atoms with Gasteiger partial charge in [0.25, 0.3) is 10.1 Å². The predicted molar refractivity (Wildman–Crippen MR) is 76.0 cm³/mol. The Balaban J connectivity index is 2.57. The largest absolute Gasteiger partial charge is 0.295 e. The van der Waals surface area contributed by atoms with Crippen LogP contribution in [0, 0.1) is 11.3 Å². The lowest BCUT2D eigenvalue weighted by Gasteiger charge is -2.08. The number of nitrogens with zero attached hydrogens (tertiary/aromatic N) is 1. The van der Waals surface area contributed by atoms with Gasteiger partial charge < -0.3 is 0 Å². The minimum atomic E-state index is -4.33. The first-order valence-electron chi connectivity index (χ1n) is 5.65. The molecule has 102 valence electrons. The number of benzene rings is 2. The van der Waals surface area contributed by atoms with Crippen molar-refractivity contribution in [2.24, 2.45) is 0 Å². The first kappa shape index (κ1) is 14.5. The number of nitriles is 1. The van der Waals surface area contributed by atoms with Crippen molar-refractivity contribution in [1.82, 2.24) is 0 Å². The molecule has 0 atom stereocenters. The molecule has 0 aliphatic carbocycles. The quantitative estimate of drug-likeness (QED) is 0.882. The van der Waals surface area contributed by atoms with Crippen LogP contribution in [-0.4, -0.2) is 13.0 Å². The Labute approximate surface area is 122 Å². The fraction of sp³-hybridized carbons (Fsp3) is 0.0714. The van der Waals surface area contributed by atoms with Crippen molar-refractivity contribution in [2.45, 2.75) is 11.3 Å². The monoisotopic (exact) mass is 307 g/mol. The van der Waals surface area contributed by atoms with Gasteiger partial charge >= 0.3 is 0 Å². The van der Waals surface area contributed by atoms with Gasteiger partial charge in [0.1, 0.15) is 4.90 Å². The van der Waals surface area contributed by atoms with Crippen molar-refractivity contribution in [3.05, 3.63) is 53.1 Å². The van der Waals surface area contributed by atoms with E-state index in [2.05, 4.69) is 0 Å². The number of hydrogen-bond donors (Lipinski definition) is 1. The molecule has 0 amide bonds. The average molecular weight is 308 g/mol. The van der Waals surface area contributed by atoms with Gasteiger partial charge in [-0.05, 0) is 29.3 Å². The second-order valence-electron chi connectivity index (χ2n) is 4.15. The highest BCUT2D eigenvalue weighted by Gasteiger charge is 2.16. The van der Waals surface area contributed by atoms with Crippen LogP contribution in [0.25, 0.3) is 11.1 Å². The Morgan fingerprint density at radius 1 is 1.15 bits per heavy atom. The predicted octanol–water partition coefficient (Wildman–Crippen LogP) is 3.32. The van der Waals surface area contributed by atoms with Gasteiger partial charge in [-0.3, -0.25) is 4.55 Å². The van der Waals surface area contributed by atoms with Crippen molar-refractivity contribution < 1.29 is 13.0 Å². The molecule has 2 aromatic carbocycles. The van der Waals surface area contributed by atoms with Gasteiger partial charge in [0, 0.05) is 10.6 Å². The molecule has 20 heavy (non-hydrogen) atoms. The molecule has 0 bridgehead atoms. The van der Waals surface area contributed by atoms with E-state index in [0.717, 1.165) is 5.56 Å². The van der Waals surface area contributed by atoms with Crippen LogP contribution in [0.5, 0.6) is 0 Å². The van der Waals surface area contributed by atoms with Gasteiger partial charge in [0.15, 0.2) is 0 Å². The smallest absolute Gasteiger partial charge is 0.282 e. The second-order valence-corrected chi connectivity index (χ2v) is 5.97. The van der Waals surface area contributed by atoms with E-state index >= 15 is 0 Å². The molecule has 0 aromatic heterocycles. The summed E-state index contributed by atoms with van der Waals surface area (Å²) in [7, 11) is -4.33. The molecule has 0 saturated carbocycles. The Morgan fingerprint density at radius 2 is 1.80 bits per heavy atom. The summed E-state index contributed by atoms with van der Waals surface area (Å²) in [4.78, 5) is -0.199. The highest BCUT2D eigenvalue weighted by Crippen LogP contribution is 2.30. The molecule has 2 aromatic rings. The summed E-state index contributed by atoms with van der Waals surface area (Å²) in [6.07, 6.45) is 0.279. The van der Waals surface area contributed by atoms with E-state index in [1.807, 2.05) is 6.07 Å². The Hall–Kier alpha value is -1.87. The molecule has 0 unspecified atom stereocenters. The van der Waals surface area contributed by atoms with Gasteiger partial charge in [-0.2, -0.15) is 13.7 Å². The second kappa shape index (κ2) is 5.63. The fourth-order valence-corrected chi connectivity index (χ4v) is 2.71. The third kappa shape index (κ3) is 3.17. The number of hydrogen-bond acceptors (Lipinski definition) is 3. The third-order valence-electron chi connectivity index (χ3n) is 2.77. The maximum atomic E-state index is 11.4. The molecule has 0 heterocycles. The average Bonchev–Trinajstić information content (AvgIpc) is 2.38. The molecule has 6 heteroatoms. The van der Waals surface area contributed by atoms with Crippen LogP contribution in [0.4, 0.5) is 0 Å². The summed E-state index contributed by atoms with van der Waals surface area (Å²) in [5.74, 6) is 0. The Bertz CT molecular complexity index is 777. The molecule has 0 spiro atoms. The zero-order valence-electron chi connectivity index (χ0n) is 10.2. The lowest BCUT2D eigenvalue weighted by atomic mass is 10.0. The number of halogens is 1. The van der Waals surface area contributed by atoms with Crippen LogP contribution in [-0.2, 0) is 16.5 Å². The lowest BCUT2D eigenvalue weighted by Crippen LogP contribution is -2.00. The van der Waals surface area contributed by atoms with Gasteiger partial charge in [0.2, 0.25) is 0 Å². The zero-order valence-corrected chi connectivity index (χ0v) is 11.8. The first-order valence-corrected chi connectivity index (χ1v) is 7.47. The molecule has 0 radical (unpaired) electrons. The van der Waals surface area contributed by atoms with E-state index in [0.29, 0.717) is 16.1 Å². The van der Waals surface area contributed by atoms with Crippen molar-refractivity contribution >= 4 is 21.7 Å². The van der Waals surface area contributed by atoms with Gasteiger partial charge in [-0.25, -0.2) is 0 Å². The molecule has 0 aliphatic rings. The minimum absolute atomic E-state index is 0.199. The van der Waals surface area contributed by atoms with Crippen LogP contribution in [0.15, 0.2) is 47.4 Å². The van der Waals surface area contributed by atoms with Crippen LogP contribution >= 0.6 is 11.6 Å². The molecule has 0 aliphatic heterocycles. The van der Waals surface area contributed by atoms with Crippen molar-refractivity contribution in [1.29, 1.82) is 5.26 Å². The first-order chi connectivity index (χ1) is 9.41. The maximum absolute atomic E-state index is 11.4. The minimum Gasteiger partial charge on any atom is -0.282 e. The Kier molecular flexibility index (Phi) is 4.09. The van der Waals surface area contributed by atoms with Crippen molar-refractivity contribution in [3.63, 3.8) is 0 Å². The standard InChI is InChI=1S/C14H10ClNO3S/c15-12-5-6-14(20(17,18)19)13(9-12)11-3-1-10(2-4-11)7-8-16/h1-6,9H,7H2,(H,17,18,19). The topological polar surface area (TPSA) is 78.2 Å². The highest BCUT2D eigenvalue weighted by atomic mass is 35.5. The molecule has 1 N–H and O–H groups in total. The molecular formula is C14H10ClNO3S. The van der Waals surface area contributed by atoms with Crippen LogP contribution < -0.4 is 0 Å². The van der Waals surface area contributed by atoms with E-state index < -0.39 is 10.1 Å². The molecule has 0 fully saturated rings. The van der Waals surface area contributed by atoms with E-state index in [1.54, 1.807) is 24.3 Å². The summed E-state index contributed by atoms with van der Waals surface area (Å²) < 4.78 is 32.0. The lowest BCUT2D eigenvalue weighted by molar-refractivity contribution is 0.483. The third-order valence-corrected chi connectivity index (χ3v) is 3.91. The molecule has 4 nitrogen and oxygen atoms in total. The summed E-state index contributed by atoms with van der Waals surface area (Å²) in [6, 6.07) is 13.0. The summed E-state index contributed by atoms with van der Waals surface area (Å²) in [6.45, 7) is 0. The van der Waals surface area contributed by atoms with E-state index in [1.165, 1.54) is 18.2 Å². The summed E-state index contributed by atoms with van der Waals surface area (Å²) in [5, 5.41) is 8.98. The van der Waals surface area contributed by atoms with Crippen LogP contribution in [0.2, 0.25) is 5.02 Å². The molecule has 2 rings (SSSR count). The van der Waals surface area contributed by atoms with E-state index in [4.69, 9.17) is 16.9 Å². The molecular weight excluding hydrogens is 298 g/mol. The van der Waals surface area contributed by atoms with Gasteiger partial charge in [0.05, 0.1) is 12.5 Å². The van der Waals surface area contributed by atoms with E-state index in [-0.39, 0.29) is 11.3 Å². The summed E-state index contributed by atoms with van der Waals surface area (Å²) >= 11 is 5.88. The molecule has 0 saturated heterocycles. The van der Waals surface area contributed by atoms with Crippen molar-refractivity contribution in [3.8, 4) is 17.2 Å². The normalized spacial score (nSPS) is 11.1. The van der Waals surface area contributed by atoms with Gasteiger partial charge in [-0.15, -0.1) is 0 Å². The Morgan fingerprint density at radius 3 is 2.35 bits per heavy atom. The maximum Gasteiger partial charge on any atom is 0.295 e. The van der Waals surface area contributed by atoms with Crippen molar-refractivity contribution in [2.75, 3.05) is 0 Å². The summed E-state index contributed by atoms with van der Waals surface area (Å²) in [5.41, 5.74) is 1.75. The fourth-order valence-electron chi connectivity index (χ4n) is 1.85. The number of rotatable bonds is 3. The highest BCUT2D eigenvalue weighted by molar-refractivity contribution is 7.86. The SMILES string of the molecule is N#CCc1ccc(-c2cc(Cl)ccc2S(=O)(=O)O)cc1. The van der Waals surface area contributed by atoms with Crippen LogP contribution in [0.3, 0.4) is 0 Å². The van der Waals surface area contributed by atoms with Gasteiger partial charge in [-0.1, -0.05) is 35.9 Å².